The van der Waals surface area contributed by atoms with Crippen molar-refractivity contribution in [1.82, 2.24) is 0 Å². The minimum Gasteiger partial charge on any atom is -0.299 e. The first-order valence-corrected chi connectivity index (χ1v) is 4.33. The van der Waals surface area contributed by atoms with Gasteiger partial charge in [0.1, 0.15) is 0 Å². The number of hydrogen-bond donors (Lipinski definition) is 2. The van der Waals surface area contributed by atoms with Crippen LogP contribution in [0, 0.1) is 0 Å². The summed E-state index contributed by atoms with van der Waals surface area (Å²) in [5.41, 5.74) is 0. The van der Waals surface area contributed by atoms with E-state index in [1.54, 1.807) is 0 Å². The number of rotatable bonds is 0. The molecule has 0 aromatic heterocycles. The van der Waals surface area contributed by atoms with E-state index >= 15 is 0 Å². The monoisotopic (exact) mass is 122 g/mol. The quantitative estimate of drug-likeness (QED) is 0.511. The van der Waals surface area contributed by atoms with E-state index in [9.17, 15) is 0 Å². The third kappa shape index (κ3) is 1.33. The van der Waals surface area contributed by atoms with Crippen molar-refractivity contribution in [3.05, 3.63) is 0 Å². The lowest BCUT2D eigenvalue weighted by atomic mass is 10.4. The molecule has 1 fully saturated rings. The van der Waals surface area contributed by atoms with Gasteiger partial charge < -0.3 is 0 Å². The molecular formula is C4H10O2S. The first-order chi connectivity index (χ1) is 3.21. The molecule has 1 saturated heterocycles. The van der Waals surface area contributed by atoms with Gasteiger partial charge in [-0.3, -0.25) is 9.11 Å². The van der Waals surface area contributed by atoms with Crippen LogP contribution in [0.4, 0.5) is 0 Å². The summed E-state index contributed by atoms with van der Waals surface area (Å²) < 4.78 is 17.7. The van der Waals surface area contributed by atoms with Gasteiger partial charge in [0.25, 0.3) is 0 Å². The Morgan fingerprint density at radius 2 is 1.43 bits per heavy atom. The molecule has 0 amide bonds. The predicted octanol–water partition coefficient (Wildman–Crippen LogP) is 1.53. The fourth-order valence-corrected chi connectivity index (χ4v) is 2.31. The molecule has 0 saturated carbocycles. The van der Waals surface area contributed by atoms with Crippen LogP contribution >= 0.6 is 10.6 Å². The van der Waals surface area contributed by atoms with Crippen LogP contribution in [0.5, 0.6) is 0 Å². The summed E-state index contributed by atoms with van der Waals surface area (Å²) in [7, 11) is -2.05. The Bertz CT molecular complexity index is 64.1. The Labute approximate surface area is 44.9 Å². The van der Waals surface area contributed by atoms with E-state index in [1.165, 1.54) is 0 Å². The highest BCUT2D eigenvalue weighted by Crippen LogP contribution is 2.45. The van der Waals surface area contributed by atoms with Gasteiger partial charge in [-0.1, -0.05) is 0 Å². The van der Waals surface area contributed by atoms with Crippen molar-refractivity contribution in [3.63, 3.8) is 0 Å². The van der Waals surface area contributed by atoms with Gasteiger partial charge in [0, 0.05) is 11.5 Å². The molecule has 0 atom stereocenters. The van der Waals surface area contributed by atoms with Crippen LogP contribution in [0.15, 0.2) is 0 Å². The lowest BCUT2D eigenvalue weighted by molar-refractivity contribution is 0.495. The van der Waals surface area contributed by atoms with Gasteiger partial charge in [-0.15, -0.1) is 0 Å². The maximum atomic E-state index is 8.83. The average Bonchev–Trinajstić information content (AvgIpc) is 1.84. The summed E-state index contributed by atoms with van der Waals surface area (Å²) in [5.74, 6) is 1.29. The first-order valence-electron chi connectivity index (χ1n) is 2.44. The molecule has 3 heteroatoms. The zero-order valence-corrected chi connectivity index (χ0v) is 4.95. The molecule has 1 heterocycles. The molecule has 2 nitrogen and oxygen atoms in total. The molecule has 1 aliphatic rings. The van der Waals surface area contributed by atoms with Crippen molar-refractivity contribution in [2.45, 2.75) is 12.8 Å². The topological polar surface area (TPSA) is 40.5 Å². The Morgan fingerprint density at radius 1 is 1.00 bits per heavy atom. The van der Waals surface area contributed by atoms with E-state index in [0.29, 0.717) is 11.5 Å². The normalized spacial score (nSPS) is 32.9. The smallest absolute Gasteiger partial charge is 0.0374 e. The van der Waals surface area contributed by atoms with E-state index in [-0.39, 0.29) is 0 Å². The van der Waals surface area contributed by atoms with E-state index in [4.69, 9.17) is 9.11 Å². The molecule has 0 aromatic carbocycles. The molecule has 0 unspecified atom stereocenters. The summed E-state index contributed by atoms with van der Waals surface area (Å²) in [6.07, 6.45) is 2.00. The largest absolute Gasteiger partial charge is 0.299 e. The summed E-state index contributed by atoms with van der Waals surface area (Å²) >= 11 is 0. The van der Waals surface area contributed by atoms with Crippen LogP contribution in [0.1, 0.15) is 12.8 Å². The highest BCUT2D eigenvalue weighted by molar-refractivity contribution is 8.24. The molecule has 0 radical (unpaired) electrons. The second kappa shape index (κ2) is 1.65. The Hall–Kier alpha value is 0.270. The zero-order chi connectivity index (χ0) is 5.33. The van der Waals surface area contributed by atoms with Crippen LogP contribution in [0.3, 0.4) is 0 Å². The van der Waals surface area contributed by atoms with Crippen molar-refractivity contribution in [3.8, 4) is 0 Å². The summed E-state index contributed by atoms with van der Waals surface area (Å²) in [4.78, 5) is 0. The molecule has 44 valence electrons. The lowest BCUT2D eigenvalue weighted by Gasteiger charge is -2.24. The molecular weight excluding hydrogens is 112 g/mol. The van der Waals surface area contributed by atoms with Crippen molar-refractivity contribution in [2.75, 3.05) is 11.5 Å². The second-order valence-electron chi connectivity index (χ2n) is 1.92. The average molecular weight is 122 g/mol. The van der Waals surface area contributed by atoms with Gasteiger partial charge in [0.2, 0.25) is 0 Å². The summed E-state index contributed by atoms with van der Waals surface area (Å²) in [5, 5.41) is 0. The van der Waals surface area contributed by atoms with Crippen LogP contribution in [0.2, 0.25) is 0 Å². The molecule has 0 bridgehead atoms. The van der Waals surface area contributed by atoms with Crippen LogP contribution in [0.25, 0.3) is 0 Å². The number of hydrogen-bond acceptors (Lipinski definition) is 2. The Balaban J connectivity index is 2.40. The van der Waals surface area contributed by atoms with Gasteiger partial charge in [-0.25, -0.2) is 0 Å². The van der Waals surface area contributed by atoms with E-state index in [2.05, 4.69) is 0 Å². The van der Waals surface area contributed by atoms with Gasteiger partial charge in [0.05, 0.1) is 0 Å². The summed E-state index contributed by atoms with van der Waals surface area (Å²) in [6, 6.07) is 0. The summed E-state index contributed by atoms with van der Waals surface area (Å²) in [6.45, 7) is 0. The molecule has 1 aliphatic heterocycles. The van der Waals surface area contributed by atoms with Gasteiger partial charge in [-0.2, -0.15) is 10.6 Å². The van der Waals surface area contributed by atoms with E-state index < -0.39 is 10.6 Å². The minimum atomic E-state index is -2.05. The Morgan fingerprint density at radius 3 is 1.57 bits per heavy atom. The SMILES string of the molecule is OS1(O)CCCC1. The third-order valence-electron chi connectivity index (χ3n) is 1.19. The molecule has 0 aromatic rings. The molecule has 7 heavy (non-hydrogen) atoms. The maximum Gasteiger partial charge on any atom is 0.0374 e. The highest BCUT2D eigenvalue weighted by atomic mass is 32.3. The van der Waals surface area contributed by atoms with Crippen molar-refractivity contribution in [2.24, 2.45) is 0 Å². The second-order valence-corrected chi connectivity index (χ2v) is 4.34. The first kappa shape index (κ1) is 5.41. The highest BCUT2D eigenvalue weighted by Gasteiger charge is 2.17. The van der Waals surface area contributed by atoms with Crippen LogP contribution in [-0.4, -0.2) is 20.6 Å². The van der Waals surface area contributed by atoms with Crippen molar-refractivity contribution >= 4 is 10.6 Å². The predicted molar refractivity (Wildman–Crippen MR) is 31.8 cm³/mol. The van der Waals surface area contributed by atoms with E-state index in [0.717, 1.165) is 12.8 Å². The standard InChI is InChI=1S/C4H10O2S/c5-7(6)3-1-2-4-7/h5-6H,1-4H2. The maximum absolute atomic E-state index is 8.83. The van der Waals surface area contributed by atoms with Crippen LogP contribution < -0.4 is 0 Å². The molecule has 0 aliphatic carbocycles. The molecule has 2 N–H and O–H groups in total. The fraction of sp³-hybridized carbons (Fsp3) is 1.00. The zero-order valence-electron chi connectivity index (χ0n) is 4.13. The van der Waals surface area contributed by atoms with Gasteiger partial charge in [-0.05, 0) is 12.8 Å². The molecule has 0 spiro atoms. The third-order valence-corrected chi connectivity index (χ3v) is 3.08. The van der Waals surface area contributed by atoms with Gasteiger partial charge in [0.15, 0.2) is 0 Å². The van der Waals surface area contributed by atoms with Crippen molar-refractivity contribution in [1.29, 1.82) is 0 Å². The van der Waals surface area contributed by atoms with Crippen molar-refractivity contribution < 1.29 is 9.11 Å². The van der Waals surface area contributed by atoms with E-state index in [1.807, 2.05) is 0 Å². The lowest BCUT2D eigenvalue weighted by Crippen LogP contribution is -1.95. The molecule has 1 rings (SSSR count). The Kier molecular flexibility index (Phi) is 1.28. The van der Waals surface area contributed by atoms with Crippen LogP contribution in [-0.2, 0) is 0 Å². The van der Waals surface area contributed by atoms with Gasteiger partial charge >= 0.3 is 0 Å². The minimum absolute atomic E-state index is 0.646. The fourth-order valence-electron chi connectivity index (χ4n) is 0.769.